The lowest BCUT2D eigenvalue weighted by atomic mass is 10.3. The van der Waals surface area contributed by atoms with Gasteiger partial charge in [0.1, 0.15) is 5.82 Å². The minimum atomic E-state index is -0.0779. The maximum atomic E-state index is 12.0. The zero-order valence-corrected chi connectivity index (χ0v) is 14.7. The number of nitrogens with one attached hydrogen (secondary N) is 2. The van der Waals surface area contributed by atoms with Gasteiger partial charge in [-0.15, -0.1) is 11.8 Å². The van der Waals surface area contributed by atoms with Crippen molar-refractivity contribution < 1.29 is 4.79 Å². The van der Waals surface area contributed by atoms with Crippen LogP contribution in [0.25, 0.3) is 0 Å². The minimum absolute atomic E-state index is 0.0779. The standard InChI is InChI=1S/C18H18N6OS/c19-17-22-15(23-18(24-17)21-14-9-5-2-6-10-14)11-26-12-16(25)20-13-7-3-1-4-8-13/h1-10H,11-12H2,(H,20,25)(H3,19,21,22,23,24). The molecule has 0 aliphatic carbocycles. The quantitative estimate of drug-likeness (QED) is 0.590. The monoisotopic (exact) mass is 366 g/mol. The molecule has 0 radical (unpaired) electrons. The number of hydrogen-bond donors (Lipinski definition) is 3. The van der Waals surface area contributed by atoms with E-state index in [2.05, 4.69) is 25.6 Å². The van der Waals surface area contributed by atoms with Gasteiger partial charge in [0.05, 0.1) is 11.5 Å². The van der Waals surface area contributed by atoms with Crippen LogP contribution >= 0.6 is 11.8 Å². The number of thioether (sulfide) groups is 1. The van der Waals surface area contributed by atoms with E-state index in [1.165, 1.54) is 11.8 Å². The summed E-state index contributed by atoms with van der Waals surface area (Å²) in [5.74, 6) is 1.72. The fraction of sp³-hybridized carbons (Fsp3) is 0.111. The number of amides is 1. The number of para-hydroxylation sites is 2. The van der Waals surface area contributed by atoms with E-state index in [4.69, 9.17) is 5.73 Å². The van der Waals surface area contributed by atoms with Gasteiger partial charge < -0.3 is 16.4 Å². The maximum Gasteiger partial charge on any atom is 0.234 e. The van der Waals surface area contributed by atoms with Crippen molar-refractivity contribution in [3.63, 3.8) is 0 Å². The molecular formula is C18H18N6OS. The molecule has 1 amide bonds. The molecule has 0 unspecified atom stereocenters. The normalized spacial score (nSPS) is 10.3. The number of carbonyl (C=O) groups is 1. The van der Waals surface area contributed by atoms with E-state index in [0.29, 0.717) is 23.3 Å². The van der Waals surface area contributed by atoms with Crippen molar-refractivity contribution in [1.29, 1.82) is 0 Å². The van der Waals surface area contributed by atoms with E-state index < -0.39 is 0 Å². The van der Waals surface area contributed by atoms with Crippen LogP contribution in [0.4, 0.5) is 23.3 Å². The highest BCUT2D eigenvalue weighted by atomic mass is 32.2. The number of hydrogen-bond acceptors (Lipinski definition) is 7. The van der Waals surface area contributed by atoms with Gasteiger partial charge in [-0.1, -0.05) is 36.4 Å². The molecule has 1 heterocycles. The van der Waals surface area contributed by atoms with Crippen LogP contribution < -0.4 is 16.4 Å². The molecule has 0 aliphatic heterocycles. The average molecular weight is 366 g/mol. The Kier molecular flexibility index (Phi) is 6.00. The molecule has 1 aromatic heterocycles. The molecule has 0 fully saturated rings. The van der Waals surface area contributed by atoms with Gasteiger partial charge in [-0.05, 0) is 24.3 Å². The third-order valence-electron chi connectivity index (χ3n) is 3.25. The van der Waals surface area contributed by atoms with E-state index in [-0.39, 0.29) is 11.9 Å². The fourth-order valence-corrected chi connectivity index (χ4v) is 2.83. The number of nitrogens with zero attached hydrogens (tertiary/aromatic N) is 3. The molecule has 4 N–H and O–H groups in total. The Labute approximate surface area is 155 Å². The highest BCUT2D eigenvalue weighted by Gasteiger charge is 2.07. The molecular weight excluding hydrogens is 348 g/mol. The van der Waals surface area contributed by atoms with Gasteiger partial charge in [0.15, 0.2) is 0 Å². The number of anilines is 4. The number of rotatable bonds is 7. The number of nitrogen functional groups attached to an aromatic ring is 1. The summed E-state index contributed by atoms with van der Waals surface area (Å²) >= 11 is 1.41. The molecule has 26 heavy (non-hydrogen) atoms. The number of benzene rings is 2. The summed E-state index contributed by atoms with van der Waals surface area (Å²) in [6.45, 7) is 0. The predicted molar refractivity (Wildman–Crippen MR) is 105 cm³/mol. The van der Waals surface area contributed by atoms with Crippen LogP contribution in [0.3, 0.4) is 0 Å². The lowest BCUT2D eigenvalue weighted by Crippen LogP contribution is -2.14. The van der Waals surface area contributed by atoms with E-state index in [1.54, 1.807) is 0 Å². The molecule has 3 rings (SSSR count). The first-order valence-corrected chi connectivity index (χ1v) is 9.09. The van der Waals surface area contributed by atoms with Gasteiger partial charge in [0, 0.05) is 11.4 Å². The van der Waals surface area contributed by atoms with Crippen molar-refractivity contribution in [2.24, 2.45) is 0 Å². The molecule has 3 aromatic rings. The average Bonchev–Trinajstić information content (AvgIpc) is 2.63. The second-order valence-corrected chi connectivity index (χ2v) is 6.32. The molecule has 8 heteroatoms. The van der Waals surface area contributed by atoms with Crippen molar-refractivity contribution in [2.75, 3.05) is 22.1 Å². The summed E-state index contributed by atoms with van der Waals surface area (Å²) in [6.07, 6.45) is 0. The van der Waals surface area contributed by atoms with Gasteiger partial charge in [0.25, 0.3) is 0 Å². The summed E-state index contributed by atoms with van der Waals surface area (Å²) in [7, 11) is 0. The summed E-state index contributed by atoms with van der Waals surface area (Å²) in [6, 6.07) is 18.9. The smallest absolute Gasteiger partial charge is 0.234 e. The lowest BCUT2D eigenvalue weighted by Gasteiger charge is -2.07. The molecule has 2 aromatic carbocycles. The van der Waals surface area contributed by atoms with Gasteiger partial charge in [-0.2, -0.15) is 15.0 Å². The predicted octanol–water partition coefficient (Wildman–Crippen LogP) is 3.07. The SMILES string of the molecule is Nc1nc(CSCC(=O)Nc2ccccc2)nc(Nc2ccccc2)n1. The van der Waals surface area contributed by atoms with Crippen molar-refractivity contribution in [3.05, 3.63) is 66.5 Å². The highest BCUT2D eigenvalue weighted by Crippen LogP contribution is 2.15. The highest BCUT2D eigenvalue weighted by molar-refractivity contribution is 7.99. The van der Waals surface area contributed by atoms with Crippen LogP contribution in [-0.2, 0) is 10.5 Å². The van der Waals surface area contributed by atoms with Gasteiger partial charge in [-0.25, -0.2) is 0 Å². The van der Waals surface area contributed by atoms with Crippen LogP contribution in [-0.4, -0.2) is 26.6 Å². The van der Waals surface area contributed by atoms with Crippen LogP contribution in [0.15, 0.2) is 60.7 Å². The maximum absolute atomic E-state index is 12.0. The van der Waals surface area contributed by atoms with Crippen LogP contribution in [0, 0.1) is 0 Å². The zero-order valence-electron chi connectivity index (χ0n) is 13.9. The topological polar surface area (TPSA) is 106 Å². The Balaban J connectivity index is 1.54. The Morgan fingerprint density at radius 3 is 2.27 bits per heavy atom. The van der Waals surface area contributed by atoms with Gasteiger partial charge in [-0.3, -0.25) is 4.79 Å². The summed E-state index contributed by atoms with van der Waals surface area (Å²) < 4.78 is 0. The van der Waals surface area contributed by atoms with Crippen LogP contribution in [0.5, 0.6) is 0 Å². The van der Waals surface area contributed by atoms with Crippen molar-refractivity contribution in [2.45, 2.75) is 5.75 Å². The second-order valence-electron chi connectivity index (χ2n) is 5.33. The van der Waals surface area contributed by atoms with Crippen molar-refractivity contribution in [1.82, 2.24) is 15.0 Å². The first kappa shape index (κ1) is 17.7. The first-order valence-electron chi connectivity index (χ1n) is 7.94. The summed E-state index contributed by atoms with van der Waals surface area (Å²) in [5, 5.41) is 5.92. The molecule has 0 spiro atoms. The van der Waals surface area contributed by atoms with E-state index in [0.717, 1.165) is 11.4 Å². The molecule has 0 aliphatic rings. The van der Waals surface area contributed by atoms with Crippen molar-refractivity contribution in [3.8, 4) is 0 Å². The Hall–Kier alpha value is -3.13. The van der Waals surface area contributed by atoms with Crippen LogP contribution in [0.1, 0.15) is 5.82 Å². The number of nitrogens with two attached hydrogens (primary N) is 1. The third-order valence-corrected chi connectivity index (χ3v) is 4.18. The van der Waals surface area contributed by atoms with Crippen LogP contribution in [0.2, 0.25) is 0 Å². The Morgan fingerprint density at radius 2 is 1.58 bits per heavy atom. The van der Waals surface area contributed by atoms with Gasteiger partial charge >= 0.3 is 0 Å². The summed E-state index contributed by atoms with van der Waals surface area (Å²) in [5.41, 5.74) is 7.39. The number of carbonyl (C=O) groups excluding carboxylic acids is 1. The molecule has 0 bridgehead atoms. The fourth-order valence-electron chi connectivity index (χ4n) is 2.16. The molecule has 0 saturated carbocycles. The zero-order chi connectivity index (χ0) is 18.2. The first-order chi connectivity index (χ1) is 12.7. The van der Waals surface area contributed by atoms with Crippen molar-refractivity contribution >= 4 is 40.9 Å². The second kappa shape index (κ2) is 8.82. The molecule has 0 atom stereocenters. The number of aromatic nitrogens is 3. The third kappa shape index (κ3) is 5.45. The molecule has 7 nitrogen and oxygen atoms in total. The molecule has 132 valence electrons. The molecule has 0 saturated heterocycles. The minimum Gasteiger partial charge on any atom is -0.368 e. The largest absolute Gasteiger partial charge is 0.368 e. The lowest BCUT2D eigenvalue weighted by molar-refractivity contribution is -0.113. The summed E-state index contributed by atoms with van der Waals surface area (Å²) in [4.78, 5) is 24.5. The van der Waals surface area contributed by atoms with E-state index in [9.17, 15) is 4.79 Å². The Morgan fingerprint density at radius 1 is 0.923 bits per heavy atom. The van der Waals surface area contributed by atoms with E-state index >= 15 is 0 Å². The Bertz CT molecular complexity index is 860. The van der Waals surface area contributed by atoms with E-state index in [1.807, 2.05) is 60.7 Å². The van der Waals surface area contributed by atoms with Gasteiger partial charge in [0.2, 0.25) is 17.8 Å².